The van der Waals surface area contributed by atoms with Crippen molar-refractivity contribution in [3.63, 3.8) is 0 Å². The zero-order chi connectivity index (χ0) is 15.4. The molecular formula is C15H19F2NO2S. The molecule has 1 N–H and O–H groups in total. The van der Waals surface area contributed by atoms with Crippen molar-refractivity contribution in [2.45, 2.75) is 30.8 Å². The maximum atomic E-state index is 13.0. The lowest BCUT2D eigenvalue weighted by molar-refractivity contribution is -0.129. The van der Waals surface area contributed by atoms with Gasteiger partial charge in [0.15, 0.2) is 11.6 Å². The Labute approximate surface area is 127 Å². The molecular weight excluding hydrogens is 296 g/mol. The highest BCUT2D eigenvalue weighted by atomic mass is 32.2. The average molecular weight is 315 g/mol. The lowest BCUT2D eigenvalue weighted by atomic mass is 10.0. The molecule has 0 aromatic heterocycles. The molecule has 1 heterocycles. The molecule has 2 unspecified atom stereocenters. The smallest absolute Gasteiger partial charge is 0.223 e. The van der Waals surface area contributed by atoms with E-state index < -0.39 is 11.6 Å². The first-order valence-corrected chi connectivity index (χ1v) is 7.99. The Morgan fingerprint density at radius 3 is 2.86 bits per heavy atom. The minimum Gasteiger partial charge on any atom is -0.393 e. The quantitative estimate of drug-likeness (QED) is 0.849. The maximum Gasteiger partial charge on any atom is 0.223 e. The summed E-state index contributed by atoms with van der Waals surface area (Å²) in [4.78, 5) is 14.4. The number of thioether (sulfide) groups is 1. The number of aliphatic hydroxyl groups is 1. The van der Waals surface area contributed by atoms with Gasteiger partial charge in [0, 0.05) is 36.1 Å². The van der Waals surface area contributed by atoms with Crippen LogP contribution in [0.2, 0.25) is 0 Å². The Morgan fingerprint density at radius 1 is 1.48 bits per heavy atom. The van der Waals surface area contributed by atoms with Crippen LogP contribution in [0.15, 0.2) is 23.1 Å². The Morgan fingerprint density at radius 2 is 2.24 bits per heavy atom. The van der Waals surface area contributed by atoms with Crippen molar-refractivity contribution in [2.75, 3.05) is 18.8 Å². The monoisotopic (exact) mass is 315 g/mol. The van der Waals surface area contributed by atoms with Gasteiger partial charge in [-0.25, -0.2) is 8.78 Å². The van der Waals surface area contributed by atoms with Gasteiger partial charge in [-0.1, -0.05) is 0 Å². The van der Waals surface area contributed by atoms with E-state index in [-0.39, 0.29) is 17.9 Å². The van der Waals surface area contributed by atoms with E-state index in [1.165, 1.54) is 17.8 Å². The third-order valence-electron chi connectivity index (χ3n) is 3.74. The number of hydrogen-bond acceptors (Lipinski definition) is 3. The van der Waals surface area contributed by atoms with Crippen molar-refractivity contribution in [2.24, 2.45) is 5.92 Å². The number of aliphatic hydroxyl groups excluding tert-OH is 1. The molecule has 3 nitrogen and oxygen atoms in total. The summed E-state index contributed by atoms with van der Waals surface area (Å²) in [6.45, 7) is 3.04. The van der Waals surface area contributed by atoms with Gasteiger partial charge in [-0.2, -0.15) is 0 Å². The molecule has 0 aliphatic carbocycles. The van der Waals surface area contributed by atoms with Crippen molar-refractivity contribution >= 4 is 17.7 Å². The van der Waals surface area contributed by atoms with Gasteiger partial charge in [0.05, 0.1) is 6.10 Å². The van der Waals surface area contributed by atoms with Crippen LogP contribution in [0.25, 0.3) is 0 Å². The minimum atomic E-state index is -0.870. The summed E-state index contributed by atoms with van der Waals surface area (Å²) in [7, 11) is 0. The van der Waals surface area contributed by atoms with Gasteiger partial charge >= 0.3 is 0 Å². The summed E-state index contributed by atoms with van der Waals surface area (Å²) in [6.07, 6.45) is 0.801. The van der Waals surface area contributed by atoms with Gasteiger partial charge in [0.1, 0.15) is 0 Å². The second kappa shape index (κ2) is 7.22. The van der Waals surface area contributed by atoms with Crippen LogP contribution in [0.1, 0.15) is 19.8 Å². The molecule has 1 fully saturated rings. The molecule has 2 rings (SSSR count). The average Bonchev–Trinajstić information content (AvgIpc) is 2.92. The lowest BCUT2D eigenvalue weighted by Gasteiger charge is -2.17. The van der Waals surface area contributed by atoms with Gasteiger partial charge in [0.25, 0.3) is 0 Å². The van der Waals surface area contributed by atoms with Gasteiger partial charge in [-0.3, -0.25) is 4.79 Å². The van der Waals surface area contributed by atoms with Crippen LogP contribution in [0, 0.1) is 17.6 Å². The highest BCUT2D eigenvalue weighted by Crippen LogP contribution is 2.23. The Hall–Kier alpha value is -1.14. The molecule has 2 atom stereocenters. The zero-order valence-electron chi connectivity index (χ0n) is 11.9. The standard InChI is InChI=1S/C15H19F2NO2S/c1-10(19)11-4-6-18(9-11)15(20)5-7-21-12-2-3-13(16)14(17)8-12/h2-3,8,10-11,19H,4-7,9H2,1H3. The van der Waals surface area contributed by atoms with Crippen molar-refractivity contribution in [3.05, 3.63) is 29.8 Å². The van der Waals surface area contributed by atoms with Gasteiger partial charge in [-0.15, -0.1) is 11.8 Å². The van der Waals surface area contributed by atoms with E-state index in [0.29, 0.717) is 30.2 Å². The molecule has 1 aliphatic rings. The number of rotatable bonds is 5. The van der Waals surface area contributed by atoms with Crippen LogP contribution < -0.4 is 0 Å². The first-order valence-electron chi connectivity index (χ1n) is 7.01. The summed E-state index contributed by atoms with van der Waals surface area (Å²) in [5.41, 5.74) is 0. The number of benzene rings is 1. The molecule has 1 amide bonds. The van der Waals surface area contributed by atoms with Crippen molar-refractivity contribution < 1.29 is 18.7 Å². The molecule has 6 heteroatoms. The van der Waals surface area contributed by atoms with Crippen molar-refractivity contribution in [1.29, 1.82) is 0 Å². The summed E-state index contributed by atoms with van der Waals surface area (Å²) >= 11 is 1.33. The summed E-state index contributed by atoms with van der Waals surface area (Å²) in [5, 5.41) is 9.52. The van der Waals surface area contributed by atoms with Gasteiger partial charge in [-0.05, 0) is 31.5 Å². The number of likely N-dealkylation sites (tertiary alicyclic amines) is 1. The lowest BCUT2D eigenvalue weighted by Crippen LogP contribution is -2.30. The Bertz CT molecular complexity index is 510. The van der Waals surface area contributed by atoms with Crippen LogP contribution >= 0.6 is 11.8 Å². The van der Waals surface area contributed by atoms with E-state index >= 15 is 0 Å². The number of carbonyl (C=O) groups is 1. The van der Waals surface area contributed by atoms with E-state index in [1.807, 2.05) is 0 Å². The van der Waals surface area contributed by atoms with Crippen molar-refractivity contribution in [1.82, 2.24) is 4.90 Å². The maximum absolute atomic E-state index is 13.0. The second-order valence-corrected chi connectivity index (χ2v) is 6.47. The SMILES string of the molecule is CC(O)C1CCN(C(=O)CCSc2ccc(F)c(F)c2)C1. The molecule has 1 aromatic carbocycles. The molecule has 1 aliphatic heterocycles. The summed E-state index contributed by atoms with van der Waals surface area (Å²) in [5.74, 6) is -0.997. The largest absolute Gasteiger partial charge is 0.393 e. The van der Waals surface area contributed by atoms with E-state index in [0.717, 1.165) is 18.6 Å². The van der Waals surface area contributed by atoms with E-state index in [4.69, 9.17) is 0 Å². The fourth-order valence-corrected chi connectivity index (χ4v) is 3.25. The van der Waals surface area contributed by atoms with E-state index in [1.54, 1.807) is 11.8 Å². The number of nitrogens with zero attached hydrogens (tertiary/aromatic N) is 1. The summed E-state index contributed by atoms with van der Waals surface area (Å²) in [6, 6.07) is 3.74. The fraction of sp³-hybridized carbons (Fsp3) is 0.533. The highest BCUT2D eigenvalue weighted by Gasteiger charge is 2.28. The number of carbonyl (C=O) groups excluding carboxylic acids is 1. The zero-order valence-corrected chi connectivity index (χ0v) is 12.7. The second-order valence-electron chi connectivity index (χ2n) is 5.30. The molecule has 0 spiro atoms. The van der Waals surface area contributed by atoms with Crippen LogP contribution in [0.4, 0.5) is 8.78 Å². The topological polar surface area (TPSA) is 40.5 Å². The van der Waals surface area contributed by atoms with Gasteiger partial charge in [0.2, 0.25) is 5.91 Å². The van der Waals surface area contributed by atoms with E-state index in [9.17, 15) is 18.7 Å². The minimum absolute atomic E-state index is 0.0493. The molecule has 21 heavy (non-hydrogen) atoms. The Kier molecular flexibility index (Phi) is 5.58. The molecule has 116 valence electrons. The third-order valence-corrected chi connectivity index (χ3v) is 4.73. The number of hydrogen-bond donors (Lipinski definition) is 1. The molecule has 0 saturated carbocycles. The number of halogens is 2. The van der Waals surface area contributed by atoms with E-state index in [2.05, 4.69) is 0 Å². The molecule has 0 radical (unpaired) electrons. The predicted molar refractivity (Wildman–Crippen MR) is 78.1 cm³/mol. The van der Waals surface area contributed by atoms with Crippen molar-refractivity contribution in [3.8, 4) is 0 Å². The highest BCUT2D eigenvalue weighted by molar-refractivity contribution is 7.99. The van der Waals surface area contributed by atoms with Crippen LogP contribution in [-0.2, 0) is 4.79 Å². The predicted octanol–water partition coefficient (Wildman–Crippen LogP) is 2.68. The molecule has 1 aromatic rings. The van der Waals surface area contributed by atoms with Crippen LogP contribution in [0.5, 0.6) is 0 Å². The van der Waals surface area contributed by atoms with Crippen LogP contribution in [0.3, 0.4) is 0 Å². The molecule has 0 bridgehead atoms. The number of amides is 1. The molecule has 1 saturated heterocycles. The third kappa shape index (κ3) is 4.41. The first-order chi connectivity index (χ1) is 9.97. The summed E-state index contributed by atoms with van der Waals surface area (Å²) < 4.78 is 25.8. The van der Waals surface area contributed by atoms with Crippen LogP contribution in [-0.4, -0.2) is 40.9 Å². The van der Waals surface area contributed by atoms with Gasteiger partial charge < -0.3 is 10.0 Å². The Balaban J connectivity index is 1.76. The fourth-order valence-electron chi connectivity index (χ4n) is 2.39. The normalized spacial score (nSPS) is 19.8. The first kappa shape index (κ1) is 16.2.